The maximum atomic E-state index is 12.7. The minimum atomic E-state index is -5.93. The highest BCUT2D eigenvalue weighted by atomic mass is 31.3. The van der Waals surface area contributed by atoms with E-state index < -0.39 is 96.7 Å². The molecule has 5 unspecified atom stereocenters. The van der Waals surface area contributed by atoms with Crippen LogP contribution in [0, 0.1) is 5.92 Å². The second kappa shape index (κ2) is 14.3. The summed E-state index contributed by atoms with van der Waals surface area (Å²) in [5.41, 5.74) is 10.1. The van der Waals surface area contributed by atoms with Gasteiger partial charge in [-0.25, -0.2) is 23.2 Å². The Bertz CT molecular complexity index is 2300. The molecule has 11 N–H and O–H groups in total. The number of phosphoric acid groups is 3. The Hall–Kier alpha value is -3.49. The molecule has 2 aliphatic heterocycles. The average molecular weight is 816 g/mol. The molecule has 4 aromatic heterocycles. The highest BCUT2D eigenvalue weighted by molar-refractivity contribution is 7.66. The van der Waals surface area contributed by atoms with Crippen LogP contribution in [0.25, 0.3) is 22.3 Å². The van der Waals surface area contributed by atoms with Gasteiger partial charge in [-0.15, -0.1) is 0 Å². The summed E-state index contributed by atoms with van der Waals surface area (Å²) in [6.07, 6.45) is -6.85. The fourth-order valence-electron chi connectivity index (χ4n) is 6.04. The normalized spacial score (nSPS) is 29.7. The van der Waals surface area contributed by atoms with Crippen LogP contribution in [0.2, 0.25) is 0 Å². The number of nitrogen functional groups attached to an aromatic ring is 2. The molecule has 53 heavy (non-hydrogen) atoms. The number of phosphoric ester groups is 2. The van der Waals surface area contributed by atoms with Gasteiger partial charge in [0, 0.05) is 13.0 Å². The van der Waals surface area contributed by atoms with E-state index in [1.54, 1.807) is 14.0 Å². The van der Waals surface area contributed by atoms with E-state index >= 15 is 0 Å². The zero-order chi connectivity index (χ0) is 38.8. The minimum Gasteiger partial charge on any atom is -0.387 e. The standard InChI is InChI=1S/C23H33N10O17P3/c1-8-15(44-3)10(48-20(8)33-7-31(2)12-17(33)28-23(25)30-19(12)37)5-46-52(40,41)50-53(42,43)49-51(38,39)45-4-9-13(34)14(35)21(47-9)32-6-26-11-16(32)27-22(24)29-18(11)36/h6-10,13-15,20-21,34-35H,4-5H2,1-3H3,(H8-,24,25,27,28,29,30,36,37,38,39,40,41,42,43)/p+1/t8?,9-,10-,13?,14+,15-,20-,21-/m1/s1. The van der Waals surface area contributed by atoms with Gasteiger partial charge in [-0.2, -0.15) is 13.6 Å². The summed E-state index contributed by atoms with van der Waals surface area (Å²) in [7, 11) is -14.2. The fraction of sp³-hybridized carbons (Fsp3) is 0.565. The molecule has 0 bridgehead atoms. The number of methoxy groups -OCH3 is 1. The summed E-state index contributed by atoms with van der Waals surface area (Å²) >= 11 is 0. The summed E-state index contributed by atoms with van der Waals surface area (Å²) in [6, 6.07) is 0. The number of fused-ring (bicyclic) bond motifs is 2. The SMILES string of the molecule is CO[C@@H]1C(C)[C@H]([n+]2cn(C)c3c(=O)[nH]c(N)nc32)O[C@@H]1COP(=O)(O)OP(=O)(O)OP(=O)(O)OC[C@H]1O[C@@H](n2cnc3c(=O)[nH]c(N)nc32)[C@@H](O)C1O. The monoisotopic (exact) mass is 815 g/mol. The van der Waals surface area contributed by atoms with Gasteiger partial charge in [0.05, 0.1) is 32.7 Å². The van der Waals surface area contributed by atoms with Gasteiger partial charge >= 0.3 is 29.1 Å². The molecular weight excluding hydrogens is 781 g/mol. The largest absolute Gasteiger partial charge is 0.490 e. The van der Waals surface area contributed by atoms with E-state index in [9.17, 15) is 48.2 Å². The Kier molecular flexibility index (Phi) is 10.6. The first-order valence-corrected chi connectivity index (χ1v) is 19.6. The molecule has 0 radical (unpaired) electrons. The number of nitrogens with one attached hydrogen (secondary N) is 2. The number of aromatic nitrogens is 8. The summed E-state index contributed by atoms with van der Waals surface area (Å²) in [6.45, 7) is -0.137. The molecule has 0 saturated carbocycles. The smallest absolute Gasteiger partial charge is 0.387 e. The number of hydrogen-bond acceptors (Lipinski definition) is 19. The van der Waals surface area contributed by atoms with Gasteiger partial charge in [0.25, 0.3) is 17.1 Å². The number of anilines is 2. The first-order chi connectivity index (χ1) is 24.7. The van der Waals surface area contributed by atoms with Gasteiger partial charge in [0.2, 0.25) is 11.5 Å². The van der Waals surface area contributed by atoms with Crippen molar-refractivity contribution in [1.29, 1.82) is 0 Å². The fourth-order valence-corrected chi connectivity index (χ4v) is 9.56. The molecule has 0 spiro atoms. The van der Waals surface area contributed by atoms with Crippen molar-refractivity contribution in [2.75, 3.05) is 31.8 Å². The van der Waals surface area contributed by atoms with E-state index in [0.717, 1.165) is 10.9 Å². The lowest BCUT2D eigenvalue weighted by Crippen LogP contribution is -2.43. The number of imidazole rings is 2. The summed E-state index contributed by atoms with van der Waals surface area (Å²) in [4.78, 5) is 71.5. The molecular formula is C23H34N10O17P3+. The van der Waals surface area contributed by atoms with Gasteiger partial charge in [-0.3, -0.25) is 37.7 Å². The number of aliphatic hydroxyl groups excluding tert-OH is 2. The van der Waals surface area contributed by atoms with Crippen molar-refractivity contribution in [3.63, 3.8) is 0 Å². The van der Waals surface area contributed by atoms with Crippen LogP contribution in [0.1, 0.15) is 19.4 Å². The number of ether oxygens (including phenoxy) is 3. The molecule has 292 valence electrons. The van der Waals surface area contributed by atoms with E-state index in [-0.39, 0.29) is 34.2 Å². The second-order valence-electron chi connectivity index (χ2n) is 11.9. The van der Waals surface area contributed by atoms with Crippen LogP contribution in [-0.4, -0.2) is 110 Å². The Balaban J connectivity index is 1.06. The number of H-pyrrole nitrogens is 2. The lowest BCUT2D eigenvalue weighted by Gasteiger charge is -2.22. The van der Waals surface area contributed by atoms with Crippen LogP contribution in [0.15, 0.2) is 22.2 Å². The first-order valence-electron chi connectivity index (χ1n) is 15.1. The quantitative estimate of drug-likeness (QED) is 0.0493. The predicted molar refractivity (Wildman–Crippen MR) is 172 cm³/mol. The van der Waals surface area contributed by atoms with Crippen molar-refractivity contribution in [2.45, 2.75) is 49.9 Å². The van der Waals surface area contributed by atoms with Crippen molar-refractivity contribution in [3.05, 3.63) is 33.4 Å². The van der Waals surface area contributed by atoms with E-state index in [2.05, 4.69) is 38.1 Å². The van der Waals surface area contributed by atoms with E-state index in [0.29, 0.717) is 0 Å². The zero-order valence-corrected chi connectivity index (χ0v) is 30.2. The predicted octanol–water partition coefficient (Wildman–Crippen LogP) is -2.62. The lowest BCUT2D eigenvalue weighted by molar-refractivity contribution is -0.745. The maximum absolute atomic E-state index is 12.7. The van der Waals surface area contributed by atoms with Gasteiger partial charge < -0.3 is 50.6 Å². The van der Waals surface area contributed by atoms with Crippen molar-refractivity contribution in [2.24, 2.45) is 13.0 Å². The van der Waals surface area contributed by atoms with Crippen molar-refractivity contribution in [1.82, 2.24) is 34.1 Å². The van der Waals surface area contributed by atoms with Crippen molar-refractivity contribution in [3.8, 4) is 0 Å². The Morgan fingerprint density at radius 2 is 1.53 bits per heavy atom. The van der Waals surface area contributed by atoms with Crippen molar-refractivity contribution >= 4 is 57.7 Å². The van der Waals surface area contributed by atoms with Crippen LogP contribution in [0.3, 0.4) is 0 Å². The molecule has 6 heterocycles. The molecule has 2 saturated heterocycles. The Labute approximate surface area is 294 Å². The van der Waals surface area contributed by atoms with Gasteiger partial charge in [0.1, 0.15) is 24.4 Å². The molecule has 0 aromatic carbocycles. The topological polar surface area (TPSA) is 387 Å². The van der Waals surface area contributed by atoms with E-state index in [1.165, 1.54) is 22.6 Å². The van der Waals surface area contributed by atoms with Gasteiger partial charge in [0.15, 0.2) is 29.9 Å². The molecule has 4 aromatic rings. The minimum absolute atomic E-state index is 0.134. The summed E-state index contributed by atoms with van der Waals surface area (Å²) in [5.74, 6) is -0.963. The number of nitrogens with two attached hydrogens (primary N) is 2. The Morgan fingerprint density at radius 3 is 2.17 bits per heavy atom. The molecule has 2 fully saturated rings. The number of rotatable bonds is 13. The van der Waals surface area contributed by atoms with Crippen molar-refractivity contribution < 1.29 is 75.0 Å². The van der Waals surface area contributed by atoms with Crippen LogP contribution >= 0.6 is 23.5 Å². The van der Waals surface area contributed by atoms with Gasteiger partial charge in [-0.1, -0.05) is 11.9 Å². The number of nitrogens with zero attached hydrogens (tertiary/aromatic N) is 6. The van der Waals surface area contributed by atoms with Crippen LogP contribution in [0.4, 0.5) is 11.9 Å². The van der Waals surface area contributed by atoms with E-state index in [4.69, 9.17) is 30.2 Å². The molecule has 6 rings (SSSR count). The second-order valence-corrected chi connectivity index (χ2v) is 16.5. The number of aliphatic hydroxyl groups is 2. The molecule has 11 atom stereocenters. The molecule has 0 amide bonds. The summed E-state index contributed by atoms with van der Waals surface area (Å²) < 4.78 is 76.6. The highest BCUT2D eigenvalue weighted by Crippen LogP contribution is 2.68. The zero-order valence-electron chi connectivity index (χ0n) is 27.5. The van der Waals surface area contributed by atoms with Crippen LogP contribution in [0.5, 0.6) is 0 Å². The highest BCUT2D eigenvalue weighted by Gasteiger charge is 2.50. The maximum Gasteiger partial charge on any atom is 0.490 e. The third kappa shape index (κ3) is 7.86. The third-order valence-electron chi connectivity index (χ3n) is 8.26. The molecule has 27 nitrogen and oxygen atoms in total. The molecule has 0 aliphatic carbocycles. The van der Waals surface area contributed by atoms with E-state index in [1.807, 2.05) is 0 Å². The number of hydrogen-bond donors (Lipinski definition) is 9. The third-order valence-corrected chi connectivity index (χ3v) is 12.5. The number of aryl methyl sites for hydroxylation is 1. The number of aromatic amines is 2. The molecule has 30 heteroatoms. The lowest BCUT2D eigenvalue weighted by atomic mass is 10.0. The van der Waals surface area contributed by atoms with Crippen LogP contribution in [-0.2, 0) is 52.6 Å². The van der Waals surface area contributed by atoms with Gasteiger partial charge in [-0.05, 0) is 0 Å². The first kappa shape index (κ1) is 39.2. The molecule has 2 aliphatic rings. The van der Waals surface area contributed by atoms with Crippen LogP contribution < -0.4 is 27.2 Å². The Morgan fingerprint density at radius 1 is 0.925 bits per heavy atom. The summed E-state index contributed by atoms with van der Waals surface area (Å²) in [5, 5.41) is 21.0. The average Bonchev–Trinajstić information content (AvgIpc) is 3.76.